The Morgan fingerprint density at radius 2 is 1.89 bits per heavy atom. The van der Waals surface area contributed by atoms with Crippen molar-refractivity contribution in [1.29, 1.82) is 0 Å². The Hall–Kier alpha value is -1.71. The van der Waals surface area contributed by atoms with Gasteiger partial charge in [-0.2, -0.15) is 0 Å². The second-order valence-corrected chi connectivity index (χ2v) is 4.80. The highest BCUT2D eigenvalue weighted by atomic mass is 16.6. The zero-order chi connectivity index (χ0) is 13.8. The van der Waals surface area contributed by atoms with Gasteiger partial charge in [0.2, 0.25) is 0 Å². The van der Waals surface area contributed by atoms with Gasteiger partial charge in [-0.3, -0.25) is 0 Å². The van der Waals surface area contributed by atoms with Crippen molar-refractivity contribution in [3.63, 3.8) is 0 Å². The average Bonchev–Trinajstić information content (AvgIpc) is 2.27. The van der Waals surface area contributed by atoms with Crippen LogP contribution in [-0.4, -0.2) is 25.3 Å². The van der Waals surface area contributed by atoms with Crippen molar-refractivity contribution in [3.05, 3.63) is 23.8 Å². The molecule has 1 aromatic rings. The molecule has 0 fully saturated rings. The van der Waals surface area contributed by atoms with Crippen molar-refractivity contribution >= 4 is 5.97 Å². The van der Waals surface area contributed by atoms with Crippen molar-refractivity contribution in [3.8, 4) is 11.5 Å². The van der Waals surface area contributed by atoms with Gasteiger partial charge >= 0.3 is 5.97 Å². The van der Waals surface area contributed by atoms with E-state index in [0.29, 0.717) is 23.7 Å². The van der Waals surface area contributed by atoms with Gasteiger partial charge in [-0.15, -0.1) is 0 Å². The summed E-state index contributed by atoms with van der Waals surface area (Å²) in [6, 6.07) is 5.00. The van der Waals surface area contributed by atoms with E-state index in [4.69, 9.17) is 14.2 Å². The Balaban J connectivity index is 2.94. The van der Waals surface area contributed by atoms with Gasteiger partial charge in [-0.25, -0.2) is 4.79 Å². The Morgan fingerprint density at radius 3 is 2.39 bits per heavy atom. The molecule has 0 radical (unpaired) electrons. The molecule has 0 saturated heterocycles. The first-order valence-corrected chi connectivity index (χ1v) is 5.91. The SMILES string of the molecule is CCOc1ccc(C(=O)OC(C)(C)C)cc1OC. The molecule has 0 heterocycles. The summed E-state index contributed by atoms with van der Waals surface area (Å²) in [5, 5.41) is 0. The van der Waals surface area contributed by atoms with Gasteiger partial charge in [-0.1, -0.05) is 0 Å². The molecule has 4 heteroatoms. The summed E-state index contributed by atoms with van der Waals surface area (Å²) in [5.74, 6) is 0.774. The lowest BCUT2D eigenvalue weighted by Gasteiger charge is -2.20. The summed E-state index contributed by atoms with van der Waals surface area (Å²) in [6.07, 6.45) is 0. The van der Waals surface area contributed by atoms with Crippen LogP contribution in [-0.2, 0) is 4.74 Å². The second-order valence-electron chi connectivity index (χ2n) is 4.80. The van der Waals surface area contributed by atoms with E-state index >= 15 is 0 Å². The number of esters is 1. The van der Waals surface area contributed by atoms with E-state index in [1.807, 2.05) is 27.7 Å². The smallest absolute Gasteiger partial charge is 0.338 e. The van der Waals surface area contributed by atoms with Crippen LogP contribution in [0, 0.1) is 0 Å². The highest BCUT2D eigenvalue weighted by Gasteiger charge is 2.19. The summed E-state index contributed by atoms with van der Waals surface area (Å²) in [7, 11) is 1.54. The maximum Gasteiger partial charge on any atom is 0.338 e. The molecule has 0 aromatic heterocycles. The molecule has 0 N–H and O–H groups in total. The fourth-order valence-electron chi connectivity index (χ4n) is 1.41. The molecule has 0 amide bonds. The quantitative estimate of drug-likeness (QED) is 0.773. The summed E-state index contributed by atoms with van der Waals surface area (Å²) < 4.78 is 15.9. The van der Waals surface area contributed by atoms with E-state index < -0.39 is 5.60 Å². The number of hydrogen-bond acceptors (Lipinski definition) is 4. The molecule has 1 aromatic carbocycles. The Bertz CT molecular complexity index is 418. The summed E-state index contributed by atoms with van der Waals surface area (Å²) >= 11 is 0. The van der Waals surface area contributed by atoms with Gasteiger partial charge in [0.1, 0.15) is 5.60 Å². The highest BCUT2D eigenvalue weighted by Crippen LogP contribution is 2.28. The van der Waals surface area contributed by atoms with Gasteiger partial charge < -0.3 is 14.2 Å². The molecule has 0 bridgehead atoms. The number of rotatable bonds is 4. The molecule has 100 valence electrons. The standard InChI is InChI=1S/C14H20O4/c1-6-17-11-8-7-10(9-12(11)16-5)13(15)18-14(2,3)4/h7-9H,6H2,1-5H3. The Morgan fingerprint density at radius 1 is 1.22 bits per heavy atom. The Labute approximate surface area is 108 Å². The summed E-state index contributed by atoms with van der Waals surface area (Å²) in [6.45, 7) is 7.92. The van der Waals surface area contributed by atoms with Crippen LogP contribution in [0.15, 0.2) is 18.2 Å². The van der Waals surface area contributed by atoms with E-state index in [2.05, 4.69) is 0 Å². The zero-order valence-corrected chi connectivity index (χ0v) is 11.6. The predicted octanol–water partition coefficient (Wildman–Crippen LogP) is 3.05. The van der Waals surface area contributed by atoms with Gasteiger partial charge in [0.25, 0.3) is 0 Å². The van der Waals surface area contributed by atoms with Gasteiger partial charge in [0.05, 0.1) is 19.3 Å². The molecule has 1 rings (SSSR count). The van der Waals surface area contributed by atoms with E-state index in [-0.39, 0.29) is 5.97 Å². The van der Waals surface area contributed by atoms with Crippen LogP contribution >= 0.6 is 0 Å². The molecule has 0 atom stereocenters. The van der Waals surface area contributed by atoms with Gasteiger partial charge in [0.15, 0.2) is 11.5 Å². The molecule has 0 aliphatic rings. The molecule has 0 unspecified atom stereocenters. The van der Waals surface area contributed by atoms with Gasteiger partial charge in [-0.05, 0) is 45.9 Å². The normalized spacial score (nSPS) is 10.9. The second kappa shape index (κ2) is 5.76. The molecule has 0 aliphatic carbocycles. The molecular weight excluding hydrogens is 232 g/mol. The maximum atomic E-state index is 11.9. The van der Waals surface area contributed by atoms with Crippen molar-refractivity contribution in [2.24, 2.45) is 0 Å². The lowest BCUT2D eigenvalue weighted by Crippen LogP contribution is -2.23. The minimum atomic E-state index is -0.511. The fraction of sp³-hybridized carbons (Fsp3) is 0.500. The molecule has 4 nitrogen and oxygen atoms in total. The van der Waals surface area contributed by atoms with E-state index in [9.17, 15) is 4.79 Å². The van der Waals surface area contributed by atoms with Crippen LogP contribution < -0.4 is 9.47 Å². The molecular formula is C14H20O4. The fourth-order valence-corrected chi connectivity index (χ4v) is 1.41. The van der Waals surface area contributed by atoms with Crippen LogP contribution in [0.5, 0.6) is 11.5 Å². The number of hydrogen-bond donors (Lipinski definition) is 0. The number of methoxy groups -OCH3 is 1. The third kappa shape index (κ3) is 3.95. The highest BCUT2D eigenvalue weighted by molar-refractivity contribution is 5.90. The van der Waals surface area contributed by atoms with E-state index in [0.717, 1.165) is 0 Å². The lowest BCUT2D eigenvalue weighted by atomic mass is 10.1. The number of carbonyl (C=O) groups excluding carboxylic acids is 1. The van der Waals surface area contributed by atoms with Crippen LogP contribution in [0.4, 0.5) is 0 Å². The van der Waals surface area contributed by atoms with Crippen LogP contribution in [0.2, 0.25) is 0 Å². The summed E-state index contributed by atoms with van der Waals surface area (Å²) in [5.41, 5.74) is -0.0617. The lowest BCUT2D eigenvalue weighted by molar-refractivity contribution is 0.00691. The van der Waals surface area contributed by atoms with E-state index in [1.54, 1.807) is 18.2 Å². The monoisotopic (exact) mass is 252 g/mol. The van der Waals surface area contributed by atoms with Crippen molar-refractivity contribution in [2.75, 3.05) is 13.7 Å². The average molecular weight is 252 g/mol. The first-order chi connectivity index (χ1) is 8.37. The Kier molecular flexibility index (Phi) is 4.59. The molecule has 0 saturated carbocycles. The largest absolute Gasteiger partial charge is 0.493 e. The third-order valence-corrected chi connectivity index (χ3v) is 2.10. The zero-order valence-electron chi connectivity index (χ0n) is 11.6. The minimum Gasteiger partial charge on any atom is -0.493 e. The number of ether oxygens (including phenoxy) is 3. The van der Waals surface area contributed by atoms with Crippen LogP contribution in [0.1, 0.15) is 38.1 Å². The van der Waals surface area contributed by atoms with Crippen molar-refractivity contribution in [2.45, 2.75) is 33.3 Å². The minimum absolute atomic E-state index is 0.371. The van der Waals surface area contributed by atoms with E-state index in [1.165, 1.54) is 7.11 Å². The first-order valence-electron chi connectivity index (χ1n) is 5.91. The van der Waals surface area contributed by atoms with Crippen LogP contribution in [0.25, 0.3) is 0 Å². The van der Waals surface area contributed by atoms with Crippen molar-refractivity contribution < 1.29 is 19.0 Å². The van der Waals surface area contributed by atoms with Gasteiger partial charge in [0, 0.05) is 0 Å². The predicted molar refractivity (Wildman–Crippen MR) is 69.3 cm³/mol. The number of benzene rings is 1. The maximum absolute atomic E-state index is 11.9. The first kappa shape index (κ1) is 14.4. The summed E-state index contributed by atoms with van der Waals surface area (Å²) in [4.78, 5) is 11.9. The molecule has 0 aliphatic heterocycles. The molecule has 18 heavy (non-hydrogen) atoms. The topological polar surface area (TPSA) is 44.8 Å². The van der Waals surface area contributed by atoms with Crippen LogP contribution in [0.3, 0.4) is 0 Å². The third-order valence-electron chi connectivity index (χ3n) is 2.10. The molecule has 0 spiro atoms. The van der Waals surface area contributed by atoms with Crippen molar-refractivity contribution in [1.82, 2.24) is 0 Å². The number of carbonyl (C=O) groups is 1.